The maximum atomic E-state index is 12.3. The molecular weight excluding hydrogens is 326 g/mol. The quantitative estimate of drug-likeness (QED) is 0.844. The number of phenols is 1. The first-order chi connectivity index (χ1) is 11.5. The van der Waals surface area contributed by atoms with Gasteiger partial charge in [0.05, 0.1) is 12.1 Å². The zero-order valence-electron chi connectivity index (χ0n) is 13.8. The summed E-state index contributed by atoms with van der Waals surface area (Å²) in [7, 11) is 0. The fourth-order valence-corrected chi connectivity index (χ4v) is 3.27. The summed E-state index contributed by atoms with van der Waals surface area (Å²) in [5, 5.41) is 9.51. The number of anilines is 1. The molecule has 0 atom stereocenters. The van der Waals surface area contributed by atoms with E-state index >= 15 is 0 Å². The van der Waals surface area contributed by atoms with E-state index < -0.39 is 0 Å². The predicted octanol–water partition coefficient (Wildman–Crippen LogP) is 3.31. The third kappa shape index (κ3) is 3.36. The number of carbonyl (C=O) groups excluding carboxylic acids is 1. The molecule has 1 amide bonds. The van der Waals surface area contributed by atoms with Crippen LogP contribution in [0.4, 0.5) is 5.82 Å². The van der Waals surface area contributed by atoms with Gasteiger partial charge >= 0.3 is 0 Å². The summed E-state index contributed by atoms with van der Waals surface area (Å²) in [4.78, 5) is 22.6. The first-order valence-corrected chi connectivity index (χ1v) is 8.48. The number of hydrogen-bond acceptors (Lipinski definition) is 4. The molecule has 0 fully saturated rings. The molecule has 3 rings (SSSR count). The summed E-state index contributed by atoms with van der Waals surface area (Å²) >= 11 is 6.07. The summed E-state index contributed by atoms with van der Waals surface area (Å²) in [5.41, 5.74) is 2.92. The molecule has 1 aliphatic rings. The lowest BCUT2D eigenvalue weighted by Crippen LogP contribution is -2.34. The first kappa shape index (κ1) is 16.7. The summed E-state index contributed by atoms with van der Waals surface area (Å²) in [6, 6.07) is 7.25. The van der Waals surface area contributed by atoms with Gasteiger partial charge in [-0.1, -0.05) is 12.1 Å². The van der Waals surface area contributed by atoms with Crippen LogP contribution in [0.15, 0.2) is 24.3 Å². The van der Waals surface area contributed by atoms with Crippen molar-refractivity contribution in [3.63, 3.8) is 0 Å². The summed E-state index contributed by atoms with van der Waals surface area (Å²) in [6.07, 6.45) is 2.85. The van der Waals surface area contributed by atoms with Crippen molar-refractivity contribution in [3.05, 3.63) is 46.4 Å². The van der Waals surface area contributed by atoms with E-state index in [0.29, 0.717) is 12.2 Å². The molecule has 0 spiro atoms. The van der Waals surface area contributed by atoms with Gasteiger partial charge in [0.2, 0.25) is 11.2 Å². The zero-order chi connectivity index (χ0) is 17.3. The van der Waals surface area contributed by atoms with Gasteiger partial charge in [-0.3, -0.25) is 9.69 Å². The maximum Gasteiger partial charge on any atom is 0.233 e. The van der Waals surface area contributed by atoms with Crippen molar-refractivity contribution in [3.8, 4) is 5.75 Å². The minimum Gasteiger partial charge on any atom is -0.508 e. The Morgan fingerprint density at radius 1 is 1.21 bits per heavy atom. The van der Waals surface area contributed by atoms with E-state index in [1.807, 2.05) is 26.0 Å². The normalized spacial score (nSPS) is 13.7. The number of aromatic hydroxyl groups is 1. The van der Waals surface area contributed by atoms with Crippen LogP contribution >= 0.6 is 11.6 Å². The highest BCUT2D eigenvalue weighted by molar-refractivity contribution is 6.28. The van der Waals surface area contributed by atoms with Crippen LogP contribution in [0, 0.1) is 0 Å². The molecule has 0 saturated carbocycles. The van der Waals surface area contributed by atoms with E-state index in [-0.39, 0.29) is 23.0 Å². The molecule has 0 unspecified atom stereocenters. The van der Waals surface area contributed by atoms with Crippen molar-refractivity contribution in [2.75, 3.05) is 4.90 Å². The molecule has 1 aromatic heterocycles. The van der Waals surface area contributed by atoms with Gasteiger partial charge < -0.3 is 5.11 Å². The fourth-order valence-electron chi connectivity index (χ4n) is 3.08. The number of phenolic OH excluding ortho intramolecular Hbond substituents is 1. The average Bonchev–Trinajstić information content (AvgIpc) is 2.85. The van der Waals surface area contributed by atoms with E-state index in [4.69, 9.17) is 11.6 Å². The highest BCUT2D eigenvalue weighted by Gasteiger charge is 2.33. The number of halogens is 1. The van der Waals surface area contributed by atoms with Crippen molar-refractivity contribution in [1.82, 2.24) is 9.97 Å². The van der Waals surface area contributed by atoms with Gasteiger partial charge in [0.1, 0.15) is 11.6 Å². The predicted molar refractivity (Wildman–Crippen MR) is 93.5 cm³/mol. The van der Waals surface area contributed by atoms with Crippen LogP contribution in [0.1, 0.15) is 37.1 Å². The monoisotopic (exact) mass is 345 g/mol. The topological polar surface area (TPSA) is 66.3 Å². The second-order valence-electron chi connectivity index (χ2n) is 6.30. The molecule has 0 bridgehead atoms. The SMILES string of the molecule is CC(C)N1C(=O)Cc2c(CCCc3ccc(O)cc3)nc(Cl)nc21. The third-order valence-corrected chi connectivity index (χ3v) is 4.37. The van der Waals surface area contributed by atoms with Gasteiger partial charge in [-0.15, -0.1) is 0 Å². The number of nitrogens with zero attached hydrogens (tertiary/aromatic N) is 3. The molecule has 24 heavy (non-hydrogen) atoms. The van der Waals surface area contributed by atoms with E-state index in [1.54, 1.807) is 17.0 Å². The first-order valence-electron chi connectivity index (χ1n) is 8.11. The molecule has 0 radical (unpaired) electrons. The van der Waals surface area contributed by atoms with E-state index in [1.165, 1.54) is 0 Å². The molecule has 2 heterocycles. The van der Waals surface area contributed by atoms with Crippen LogP contribution in [0.25, 0.3) is 0 Å². The largest absolute Gasteiger partial charge is 0.508 e. The molecule has 126 valence electrons. The Hall–Kier alpha value is -2.14. The minimum absolute atomic E-state index is 0.0505. The van der Waals surface area contributed by atoms with Crippen LogP contribution in [0.5, 0.6) is 5.75 Å². The molecule has 1 aliphatic heterocycles. The number of aromatic nitrogens is 2. The van der Waals surface area contributed by atoms with Gasteiger partial charge in [0.15, 0.2) is 0 Å². The Labute approximate surface area is 146 Å². The molecular formula is C18H20ClN3O2. The molecule has 1 aromatic carbocycles. The van der Waals surface area contributed by atoms with Gasteiger partial charge in [0.25, 0.3) is 0 Å². The van der Waals surface area contributed by atoms with Gasteiger partial charge in [-0.25, -0.2) is 4.98 Å². The second kappa shape index (κ2) is 6.77. The van der Waals surface area contributed by atoms with Crippen LogP contribution in [-0.4, -0.2) is 27.0 Å². The minimum atomic E-state index is 0.0505. The Bertz CT molecular complexity index is 760. The zero-order valence-corrected chi connectivity index (χ0v) is 14.5. The smallest absolute Gasteiger partial charge is 0.233 e. The maximum absolute atomic E-state index is 12.3. The fraction of sp³-hybridized carbons (Fsp3) is 0.389. The van der Waals surface area contributed by atoms with E-state index in [9.17, 15) is 9.90 Å². The highest BCUT2D eigenvalue weighted by Crippen LogP contribution is 2.32. The molecule has 0 aliphatic carbocycles. The molecule has 5 nitrogen and oxygen atoms in total. The standard InChI is InChI=1S/C18H20ClN3O2/c1-11(2)22-16(24)10-14-15(20-18(19)21-17(14)22)5-3-4-12-6-8-13(23)9-7-12/h6-9,11,23H,3-5,10H2,1-2H3. The second-order valence-corrected chi connectivity index (χ2v) is 6.63. The van der Waals surface area contributed by atoms with Gasteiger partial charge in [0, 0.05) is 11.6 Å². The number of carbonyl (C=O) groups is 1. The van der Waals surface area contributed by atoms with Gasteiger partial charge in [-0.05, 0) is 62.4 Å². The number of aryl methyl sites for hydroxylation is 2. The number of hydrogen-bond donors (Lipinski definition) is 1. The highest BCUT2D eigenvalue weighted by atomic mass is 35.5. The molecule has 2 aromatic rings. The van der Waals surface area contributed by atoms with Gasteiger partial charge in [-0.2, -0.15) is 4.98 Å². The van der Waals surface area contributed by atoms with Crippen molar-refractivity contribution < 1.29 is 9.90 Å². The summed E-state index contributed by atoms with van der Waals surface area (Å²) < 4.78 is 0. The Morgan fingerprint density at radius 2 is 1.92 bits per heavy atom. The molecule has 0 saturated heterocycles. The van der Waals surface area contributed by atoms with E-state index in [0.717, 1.165) is 36.1 Å². The van der Waals surface area contributed by atoms with Crippen molar-refractivity contribution in [2.24, 2.45) is 0 Å². The Kier molecular flexibility index (Phi) is 4.71. The lowest BCUT2D eigenvalue weighted by molar-refractivity contribution is -0.117. The Balaban J connectivity index is 1.76. The lowest BCUT2D eigenvalue weighted by Gasteiger charge is -2.20. The summed E-state index contributed by atoms with van der Waals surface area (Å²) in [5.74, 6) is 0.984. The van der Waals surface area contributed by atoms with E-state index in [2.05, 4.69) is 9.97 Å². The summed E-state index contributed by atoms with van der Waals surface area (Å²) in [6.45, 7) is 3.93. The number of fused-ring (bicyclic) bond motifs is 1. The molecule has 6 heteroatoms. The Morgan fingerprint density at radius 3 is 2.58 bits per heavy atom. The number of benzene rings is 1. The third-order valence-electron chi connectivity index (χ3n) is 4.20. The molecule has 1 N–H and O–H groups in total. The van der Waals surface area contributed by atoms with Crippen LogP contribution < -0.4 is 4.90 Å². The van der Waals surface area contributed by atoms with Crippen molar-refractivity contribution >= 4 is 23.3 Å². The number of rotatable bonds is 5. The van der Waals surface area contributed by atoms with Crippen LogP contribution in [-0.2, 0) is 24.1 Å². The van der Waals surface area contributed by atoms with Crippen molar-refractivity contribution in [2.45, 2.75) is 45.6 Å². The van der Waals surface area contributed by atoms with Crippen LogP contribution in [0.3, 0.4) is 0 Å². The average molecular weight is 346 g/mol. The lowest BCUT2D eigenvalue weighted by atomic mass is 10.0. The van der Waals surface area contributed by atoms with Crippen molar-refractivity contribution in [1.29, 1.82) is 0 Å². The number of amides is 1. The van der Waals surface area contributed by atoms with Crippen LogP contribution in [0.2, 0.25) is 5.28 Å².